The van der Waals surface area contributed by atoms with Crippen LogP contribution in [0.3, 0.4) is 0 Å². The molecule has 1 aliphatic heterocycles. The zero-order valence-corrected chi connectivity index (χ0v) is 17.9. The van der Waals surface area contributed by atoms with E-state index in [2.05, 4.69) is 25.7 Å². The second-order valence-electron chi connectivity index (χ2n) is 6.95. The molecule has 1 amide bonds. The van der Waals surface area contributed by atoms with Gasteiger partial charge in [-0.1, -0.05) is 6.92 Å². The fourth-order valence-electron chi connectivity index (χ4n) is 3.43. The fourth-order valence-corrected chi connectivity index (χ4v) is 4.47. The third-order valence-corrected chi connectivity index (χ3v) is 6.25. The molecule has 0 bridgehead atoms. The number of thiophene rings is 1. The lowest BCUT2D eigenvalue weighted by molar-refractivity contribution is -0.145. The highest BCUT2D eigenvalue weighted by Crippen LogP contribution is 2.35. The van der Waals surface area contributed by atoms with Crippen molar-refractivity contribution >= 4 is 39.2 Å². The third kappa shape index (κ3) is 4.27. The number of carbonyl (C=O) groups excluding carboxylic acids is 2. The van der Waals surface area contributed by atoms with Gasteiger partial charge >= 0.3 is 5.97 Å². The average Bonchev–Trinajstić information content (AvgIpc) is 2.99. The van der Waals surface area contributed by atoms with E-state index in [1.165, 1.54) is 10.4 Å². The highest BCUT2D eigenvalue weighted by Gasteiger charge is 2.25. The van der Waals surface area contributed by atoms with Crippen molar-refractivity contribution in [2.24, 2.45) is 0 Å². The topological polar surface area (TPSA) is 75.6 Å². The third-order valence-electron chi connectivity index (χ3n) is 5.15. The number of fused-ring (bicyclic) bond motifs is 1. The summed E-state index contributed by atoms with van der Waals surface area (Å²) in [4.78, 5) is 39.8. The van der Waals surface area contributed by atoms with Crippen molar-refractivity contribution in [3.8, 4) is 0 Å². The summed E-state index contributed by atoms with van der Waals surface area (Å²) in [7, 11) is 0. The number of hydrogen-bond acceptors (Lipinski definition) is 7. The molecule has 152 valence electrons. The first kappa shape index (κ1) is 20.5. The number of amides is 1. The maximum Gasteiger partial charge on any atom is 0.306 e. The number of rotatable bonds is 6. The van der Waals surface area contributed by atoms with E-state index in [-0.39, 0.29) is 24.7 Å². The summed E-state index contributed by atoms with van der Waals surface area (Å²) in [5.41, 5.74) is 1.24. The van der Waals surface area contributed by atoms with Gasteiger partial charge in [0, 0.05) is 43.9 Å². The second kappa shape index (κ2) is 8.86. The van der Waals surface area contributed by atoms with Crippen LogP contribution in [0.15, 0.2) is 0 Å². The molecule has 3 heterocycles. The lowest BCUT2D eigenvalue weighted by Crippen LogP contribution is -2.49. The van der Waals surface area contributed by atoms with Crippen LogP contribution in [0.25, 0.3) is 10.2 Å². The van der Waals surface area contributed by atoms with E-state index in [0.717, 1.165) is 41.4 Å². The van der Waals surface area contributed by atoms with Gasteiger partial charge < -0.3 is 14.5 Å². The largest absolute Gasteiger partial charge is 0.466 e. The van der Waals surface area contributed by atoms with Gasteiger partial charge in [-0.05, 0) is 26.3 Å². The molecule has 28 heavy (non-hydrogen) atoms. The summed E-state index contributed by atoms with van der Waals surface area (Å²) < 4.78 is 4.90. The van der Waals surface area contributed by atoms with Gasteiger partial charge in [-0.3, -0.25) is 9.59 Å². The number of ether oxygens (including phenoxy) is 1. The maximum absolute atomic E-state index is 12.4. The number of piperazine rings is 1. The monoisotopic (exact) mass is 404 g/mol. The lowest BCUT2D eigenvalue weighted by Gasteiger charge is -2.36. The summed E-state index contributed by atoms with van der Waals surface area (Å²) >= 11 is 1.72. The molecule has 7 nitrogen and oxygen atoms in total. The van der Waals surface area contributed by atoms with E-state index < -0.39 is 0 Å². The Bertz CT molecular complexity index is 872. The van der Waals surface area contributed by atoms with Gasteiger partial charge in [0.25, 0.3) is 0 Å². The van der Waals surface area contributed by atoms with Crippen LogP contribution in [0.2, 0.25) is 0 Å². The maximum atomic E-state index is 12.4. The van der Waals surface area contributed by atoms with E-state index in [0.29, 0.717) is 19.7 Å². The van der Waals surface area contributed by atoms with E-state index in [1.54, 1.807) is 18.3 Å². The van der Waals surface area contributed by atoms with Crippen molar-refractivity contribution in [3.63, 3.8) is 0 Å². The molecule has 1 aliphatic rings. The smallest absolute Gasteiger partial charge is 0.306 e. The van der Waals surface area contributed by atoms with Gasteiger partial charge in [0.1, 0.15) is 16.5 Å². The van der Waals surface area contributed by atoms with Gasteiger partial charge in [-0.2, -0.15) is 0 Å². The van der Waals surface area contributed by atoms with Crippen LogP contribution < -0.4 is 4.90 Å². The molecule has 0 unspecified atom stereocenters. The van der Waals surface area contributed by atoms with E-state index in [1.807, 2.05) is 4.90 Å². The normalized spacial score (nSPS) is 14.6. The molecule has 1 saturated heterocycles. The summed E-state index contributed by atoms with van der Waals surface area (Å²) in [6.45, 7) is 11.2. The van der Waals surface area contributed by atoms with Gasteiger partial charge in [-0.25, -0.2) is 9.97 Å². The number of aryl methyl sites for hydroxylation is 3. The number of esters is 1. The number of hydrogen-bond donors (Lipinski definition) is 0. The Balaban J connectivity index is 1.70. The molecule has 0 saturated carbocycles. The van der Waals surface area contributed by atoms with E-state index >= 15 is 0 Å². The fraction of sp³-hybridized carbons (Fsp3) is 0.600. The molecule has 0 radical (unpaired) electrons. The molecule has 0 aliphatic carbocycles. The van der Waals surface area contributed by atoms with Crippen LogP contribution in [-0.4, -0.2) is 59.5 Å². The molecule has 1 fully saturated rings. The highest BCUT2D eigenvalue weighted by atomic mass is 32.1. The predicted octanol–water partition coefficient (Wildman–Crippen LogP) is 2.86. The Labute approximate surface area is 169 Å². The first-order chi connectivity index (χ1) is 13.4. The quantitative estimate of drug-likeness (QED) is 0.689. The minimum absolute atomic E-state index is 0.0114. The van der Waals surface area contributed by atoms with Crippen LogP contribution in [0.4, 0.5) is 5.82 Å². The highest BCUT2D eigenvalue weighted by molar-refractivity contribution is 7.18. The first-order valence-corrected chi connectivity index (χ1v) is 10.7. The van der Waals surface area contributed by atoms with Crippen molar-refractivity contribution in [3.05, 3.63) is 16.3 Å². The molecule has 3 rings (SSSR count). The van der Waals surface area contributed by atoms with Crippen molar-refractivity contribution in [2.75, 3.05) is 37.7 Å². The Morgan fingerprint density at radius 3 is 2.43 bits per heavy atom. The van der Waals surface area contributed by atoms with Crippen molar-refractivity contribution < 1.29 is 14.3 Å². The Hall–Kier alpha value is -2.22. The number of anilines is 1. The molecule has 8 heteroatoms. The Morgan fingerprint density at radius 1 is 1.07 bits per heavy atom. The van der Waals surface area contributed by atoms with Crippen LogP contribution in [0.1, 0.15) is 43.0 Å². The molecule has 0 spiro atoms. The molecule has 0 aromatic carbocycles. The lowest BCUT2D eigenvalue weighted by atomic mass is 10.2. The van der Waals surface area contributed by atoms with Crippen molar-refractivity contribution in [2.45, 2.75) is 47.0 Å². The summed E-state index contributed by atoms with van der Waals surface area (Å²) in [5, 5.41) is 1.14. The average molecular weight is 405 g/mol. The number of nitrogens with zero attached hydrogens (tertiary/aromatic N) is 4. The zero-order valence-electron chi connectivity index (χ0n) is 17.1. The minimum atomic E-state index is -0.312. The Morgan fingerprint density at radius 2 is 1.79 bits per heavy atom. The van der Waals surface area contributed by atoms with Gasteiger partial charge in [0.05, 0.1) is 18.4 Å². The molecule has 0 atom stereocenters. The Kier molecular flexibility index (Phi) is 6.49. The van der Waals surface area contributed by atoms with Crippen LogP contribution in [-0.2, 0) is 20.7 Å². The molecule has 2 aromatic rings. The van der Waals surface area contributed by atoms with Crippen molar-refractivity contribution in [1.82, 2.24) is 14.9 Å². The summed E-state index contributed by atoms with van der Waals surface area (Å²) in [5.74, 6) is 1.55. The molecular formula is C20H28N4O3S. The van der Waals surface area contributed by atoms with Crippen LogP contribution in [0.5, 0.6) is 0 Å². The van der Waals surface area contributed by atoms with Gasteiger partial charge in [0.15, 0.2) is 0 Å². The van der Waals surface area contributed by atoms with Crippen molar-refractivity contribution in [1.29, 1.82) is 0 Å². The second-order valence-corrected chi connectivity index (χ2v) is 8.16. The number of aromatic nitrogens is 2. The molecule has 2 aromatic heterocycles. The SMILES string of the molecule is CCOC(=O)CCC(=O)N1CCN(c2nc(CC)nc3sc(C)c(C)c23)CC1. The van der Waals surface area contributed by atoms with E-state index in [9.17, 15) is 9.59 Å². The summed E-state index contributed by atoms with van der Waals surface area (Å²) in [6.07, 6.45) is 1.15. The van der Waals surface area contributed by atoms with Gasteiger partial charge in [-0.15, -0.1) is 11.3 Å². The number of carbonyl (C=O) groups is 2. The zero-order chi connectivity index (χ0) is 20.3. The van der Waals surface area contributed by atoms with Crippen LogP contribution >= 0.6 is 11.3 Å². The van der Waals surface area contributed by atoms with E-state index in [4.69, 9.17) is 14.7 Å². The van der Waals surface area contributed by atoms with Gasteiger partial charge in [0.2, 0.25) is 5.91 Å². The molecular weight excluding hydrogens is 376 g/mol. The first-order valence-electron chi connectivity index (χ1n) is 9.89. The summed E-state index contributed by atoms with van der Waals surface area (Å²) in [6, 6.07) is 0. The standard InChI is InChI=1S/C20H28N4O3S/c1-5-15-21-19(18-13(3)14(4)28-20(18)22-15)24-11-9-23(10-12-24)16(25)7-8-17(26)27-6-2/h5-12H2,1-4H3. The minimum Gasteiger partial charge on any atom is -0.466 e. The molecule has 0 N–H and O–H groups in total. The van der Waals surface area contributed by atoms with Crippen LogP contribution in [0, 0.1) is 13.8 Å². The predicted molar refractivity (Wildman–Crippen MR) is 111 cm³/mol.